The molecule has 0 saturated carbocycles. The second-order valence-electron chi connectivity index (χ2n) is 3.80. The van der Waals surface area contributed by atoms with Crippen LogP contribution in [0.1, 0.15) is 11.1 Å². The first kappa shape index (κ1) is 13.0. The van der Waals surface area contributed by atoms with Crippen LogP contribution in [0.4, 0.5) is 0 Å². The van der Waals surface area contributed by atoms with Gasteiger partial charge in [0.1, 0.15) is 5.75 Å². The molecule has 1 rings (SSSR count). The molecule has 90 valence electrons. The Hall–Kier alpha value is -1.10. The summed E-state index contributed by atoms with van der Waals surface area (Å²) in [5.41, 5.74) is 1.68. The number of benzene rings is 1. The number of phenols is 1. The van der Waals surface area contributed by atoms with E-state index in [1.165, 1.54) is 0 Å². The van der Waals surface area contributed by atoms with Crippen LogP contribution in [0.25, 0.3) is 0 Å². The Balaban J connectivity index is 2.56. The largest absolute Gasteiger partial charge is 0.507 e. The van der Waals surface area contributed by atoms with Crippen molar-refractivity contribution in [3.63, 3.8) is 0 Å². The van der Waals surface area contributed by atoms with Crippen molar-refractivity contribution in [1.82, 2.24) is 5.32 Å². The highest BCUT2D eigenvalue weighted by molar-refractivity contribution is 5.39. The fourth-order valence-electron chi connectivity index (χ4n) is 1.49. The molecule has 4 heteroatoms. The first-order valence-electron chi connectivity index (χ1n) is 5.29. The quantitative estimate of drug-likeness (QED) is 0.670. The number of aliphatic hydroxyl groups excluding tert-OH is 1. The first-order valence-corrected chi connectivity index (χ1v) is 5.29. The molecule has 1 atom stereocenters. The van der Waals surface area contributed by atoms with Crippen LogP contribution in [0.5, 0.6) is 5.75 Å². The number of para-hydroxylation sites is 1. The Kier molecular flexibility index (Phi) is 5.25. The zero-order valence-corrected chi connectivity index (χ0v) is 9.73. The third-order valence-electron chi connectivity index (χ3n) is 2.49. The molecule has 0 spiro atoms. The van der Waals surface area contributed by atoms with Crippen LogP contribution >= 0.6 is 0 Å². The van der Waals surface area contributed by atoms with E-state index in [1.54, 1.807) is 7.11 Å². The molecule has 0 aliphatic rings. The minimum absolute atomic E-state index is 0.0143. The molecule has 0 aromatic heterocycles. The molecule has 16 heavy (non-hydrogen) atoms. The molecule has 0 amide bonds. The number of methoxy groups -OCH3 is 1. The van der Waals surface area contributed by atoms with Gasteiger partial charge in [-0.3, -0.25) is 0 Å². The van der Waals surface area contributed by atoms with Gasteiger partial charge in [-0.1, -0.05) is 18.2 Å². The summed E-state index contributed by atoms with van der Waals surface area (Å²) in [6, 6.07) is 5.51. The number of ether oxygens (including phenoxy) is 1. The van der Waals surface area contributed by atoms with Crippen molar-refractivity contribution in [3.05, 3.63) is 29.3 Å². The van der Waals surface area contributed by atoms with E-state index >= 15 is 0 Å². The molecule has 0 saturated heterocycles. The van der Waals surface area contributed by atoms with Crippen LogP contribution in [-0.2, 0) is 11.3 Å². The maximum Gasteiger partial charge on any atom is 0.122 e. The van der Waals surface area contributed by atoms with Crippen molar-refractivity contribution in [1.29, 1.82) is 0 Å². The molecule has 1 aromatic rings. The van der Waals surface area contributed by atoms with Crippen molar-refractivity contribution in [2.24, 2.45) is 0 Å². The number of nitrogens with one attached hydrogen (secondary N) is 1. The van der Waals surface area contributed by atoms with Gasteiger partial charge in [0.15, 0.2) is 0 Å². The molecule has 0 fully saturated rings. The summed E-state index contributed by atoms with van der Waals surface area (Å²) >= 11 is 0. The lowest BCUT2D eigenvalue weighted by Gasteiger charge is -2.16. The van der Waals surface area contributed by atoms with Crippen molar-refractivity contribution in [2.75, 3.05) is 20.3 Å². The summed E-state index contributed by atoms with van der Waals surface area (Å²) in [6.45, 7) is 2.84. The van der Waals surface area contributed by atoms with Crippen molar-refractivity contribution in [2.45, 2.75) is 19.5 Å². The van der Waals surface area contributed by atoms with E-state index in [1.807, 2.05) is 25.1 Å². The molecule has 0 aliphatic heterocycles. The van der Waals surface area contributed by atoms with Gasteiger partial charge in [-0.05, 0) is 12.5 Å². The third kappa shape index (κ3) is 3.48. The minimum atomic E-state index is -0.107. The van der Waals surface area contributed by atoms with Gasteiger partial charge in [0.25, 0.3) is 0 Å². The molecule has 1 aromatic carbocycles. The molecule has 4 nitrogen and oxygen atoms in total. The van der Waals surface area contributed by atoms with E-state index in [0.717, 1.165) is 11.1 Å². The van der Waals surface area contributed by atoms with Gasteiger partial charge in [0.2, 0.25) is 0 Å². The van der Waals surface area contributed by atoms with Gasteiger partial charge in [-0.2, -0.15) is 0 Å². The van der Waals surface area contributed by atoms with Crippen LogP contribution in [0.15, 0.2) is 18.2 Å². The average molecular weight is 225 g/mol. The number of hydrogen-bond acceptors (Lipinski definition) is 4. The van der Waals surface area contributed by atoms with Gasteiger partial charge in [0.05, 0.1) is 19.3 Å². The molecule has 0 bridgehead atoms. The average Bonchev–Trinajstić information content (AvgIpc) is 2.29. The highest BCUT2D eigenvalue weighted by atomic mass is 16.5. The van der Waals surface area contributed by atoms with E-state index < -0.39 is 0 Å². The van der Waals surface area contributed by atoms with Crippen LogP contribution in [0.3, 0.4) is 0 Å². The highest BCUT2D eigenvalue weighted by Gasteiger charge is 2.08. The summed E-state index contributed by atoms with van der Waals surface area (Å²) in [7, 11) is 1.59. The van der Waals surface area contributed by atoms with Crippen molar-refractivity contribution in [3.8, 4) is 5.75 Å². The maximum atomic E-state index is 9.78. The fourth-order valence-corrected chi connectivity index (χ4v) is 1.49. The molecular weight excluding hydrogens is 206 g/mol. The SMILES string of the molecule is COCC(CO)NCc1cccc(C)c1O. The first-order chi connectivity index (χ1) is 7.69. The second-order valence-corrected chi connectivity index (χ2v) is 3.80. The van der Waals surface area contributed by atoms with Gasteiger partial charge in [0, 0.05) is 19.2 Å². The van der Waals surface area contributed by atoms with Gasteiger partial charge < -0.3 is 20.3 Å². The van der Waals surface area contributed by atoms with E-state index in [9.17, 15) is 5.11 Å². The van der Waals surface area contributed by atoms with Gasteiger partial charge >= 0.3 is 0 Å². The van der Waals surface area contributed by atoms with Crippen molar-refractivity contribution >= 4 is 0 Å². The highest BCUT2D eigenvalue weighted by Crippen LogP contribution is 2.20. The van der Waals surface area contributed by atoms with Crippen LogP contribution in [0, 0.1) is 6.92 Å². The number of aliphatic hydroxyl groups is 1. The number of aromatic hydroxyl groups is 1. The standard InChI is InChI=1S/C12H19NO3/c1-9-4-3-5-10(12(9)15)6-13-11(7-14)8-16-2/h3-5,11,13-15H,6-8H2,1-2H3. The smallest absolute Gasteiger partial charge is 0.122 e. The topological polar surface area (TPSA) is 61.7 Å². The Morgan fingerprint density at radius 2 is 2.19 bits per heavy atom. The van der Waals surface area contributed by atoms with Crippen LogP contribution in [-0.4, -0.2) is 36.6 Å². The maximum absolute atomic E-state index is 9.78. The number of phenolic OH excluding ortho intramolecular Hbond substituents is 1. The number of hydrogen-bond donors (Lipinski definition) is 3. The predicted molar refractivity (Wildman–Crippen MR) is 62.4 cm³/mol. The Bertz CT molecular complexity index is 328. The van der Waals surface area contributed by atoms with Crippen LogP contribution < -0.4 is 5.32 Å². The van der Waals surface area contributed by atoms with E-state index in [-0.39, 0.29) is 12.6 Å². The summed E-state index contributed by atoms with van der Waals surface area (Å²) in [5, 5.41) is 22.0. The predicted octanol–water partition coefficient (Wildman–Crippen LogP) is 0.798. The molecule has 0 aliphatic carbocycles. The van der Waals surface area contributed by atoms with E-state index in [0.29, 0.717) is 18.9 Å². The summed E-state index contributed by atoms with van der Waals surface area (Å²) in [6.07, 6.45) is 0. The number of rotatable bonds is 6. The zero-order chi connectivity index (χ0) is 12.0. The summed E-state index contributed by atoms with van der Waals surface area (Å²) in [5.74, 6) is 0.309. The monoisotopic (exact) mass is 225 g/mol. The van der Waals surface area contributed by atoms with E-state index in [2.05, 4.69) is 5.32 Å². The lowest BCUT2D eigenvalue weighted by atomic mass is 10.1. The minimum Gasteiger partial charge on any atom is -0.507 e. The normalized spacial score (nSPS) is 12.7. The molecule has 1 unspecified atom stereocenters. The van der Waals surface area contributed by atoms with E-state index in [4.69, 9.17) is 9.84 Å². The Morgan fingerprint density at radius 3 is 2.81 bits per heavy atom. The Morgan fingerprint density at radius 1 is 1.44 bits per heavy atom. The fraction of sp³-hybridized carbons (Fsp3) is 0.500. The zero-order valence-electron chi connectivity index (χ0n) is 9.73. The van der Waals surface area contributed by atoms with Crippen LogP contribution in [0.2, 0.25) is 0 Å². The number of aryl methyl sites for hydroxylation is 1. The Labute approximate surface area is 95.9 Å². The summed E-state index contributed by atoms with van der Waals surface area (Å²) in [4.78, 5) is 0. The van der Waals surface area contributed by atoms with Gasteiger partial charge in [-0.15, -0.1) is 0 Å². The lowest BCUT2D eigenvalue weighted by molar-refractivity contribution is 0.128. The molecule has 3 N–H and O–H groups in total. The van der Waals surface area contributed by atoms with Gasteiger partial charge in [-0.25, -0.2) is 0 Å². The molecule has 0 radical (unpaired) electrons. The molecular formula is C12H19NO3. The molecule has 0 heterocycles. The van der Waals surface area contributed by atoms with Crippen molar-refractivity contribution < 1.29 is 14.9 Å². The third-order valence-corrected chi connectivity index (χ3v) is 2.49. The second kappa shape index (κ2) is 6.48. The lowest BCUT2D eigenvalue weighted by Crippen LogP contribution is -2.35. The summed E-state index contributed by atoms with van der Waals surface area (Å²) < 4.78 is 4.95.